The zero-order chi connectivity index (χ0) is 22.7. The van der Waals surface area contributed by atoms with Crippen LogP contribution in [0.3, 0.4) is 0 Å². The maximum absolute atomic E-state index is 13.3. The summed E-state index contributed by atoms with van der Waals surface area (Å²) in [5, 5.41) is 18.8. The number of aliphatic hydroxyl groups excluding tert-OH is 1. The van der Waals surface area contributed by atoms with E-state index in [1.165, 1.54) is 13.5 Å². The molecule has 0 saturated heterocycles. The third kappa shape index (κ3) is 4.71. The number of carbonyl (C=O) groups excluding carboxylic acids is 2. The monoisotopic (exact) mass is 457 g/mol. The number of hydrogen-bond donors (Lipinski definition) is 2. The average molecular weight is 458 g/mol. The van der Waals surface area contributed by atoms with Gasteiger partial charge in [0, 0.05) is 6.04 Å². The molecule has 1 amide bonds. The number of aromatic nitrogens is 2. The summed E-state index contributed by atoms with van der Waals surface area (Å²) in [4.78, 5) is 25.1. The van der Waals surface area contributed by atoms with Gasteiger partial charge in [-0.3, -0.25) is 4.79 Å². The van der Waals surface area contributed by atoms with Crippen molar-refractivity contribution in [3.8, 4) is 5.69 Å². The molecule has 2 N–H and O–H groups in total. The Labute approximate surface area is 192 Å². The van der Waals surface area contributed by atoms with Crippen LogP contribution in [0.5, 0.6) is 0 Å². The van der Waals surface area contributed by atoms with E-state index in [1.54, 1.807) is 34.8 Å². The highest BCUT2D eigenvalue weighted by molar-refractivity contribution is 7.99. The summed E-state index contributed by atoms with van der Waals surface area (Å²) in [6.45, 7) is 2.10. The lowest BCUT2D eigenvalue weighted by atomic mass is 9.67. The molecule has 2 saturated carbocycles. The normalized spacial score (nSPS) is 24.7. The third-order valence-corrected chi connectivity index (χ3v) is 7.84. The van der Waals surface area contributed by atoms with Gasteiger partial charge in [0.25, 0.3) is 5.91 Å². The lowest BCUT2D eigenvalue weighted by molar-refractivity contribution is 0.0172. The largest absolute Gasteiger partial charge is 0.465 e. The minimum Gasteiger partial charge on any atom is -0.465 e. The Hall–Kier alpha value is -2.32. The second-order valence-corrected chi connectivity index (χ2v) is 9.82. The zero-order valence-corrected chi connectivity index (χ0v) is 19.4. The van der Waals surface area contributed by atoms with Crippen molar-refractivity contribution >= 4 is 23.6 Å². The molecule has 2 bridgehead atoms. The molecular weight excluding hydrogens is 426 g/mol. The van der Waals surface area contributed by atoms with Gasteiger partial charge in [0.15, 0.2) is 0 Å². The highest BCUT2D eigenvalue weighted by Crippen LogP contribution is 2.40. The Morgan fingerprint density at radius 2 is 1.91 bits per heavy atom. The molecule has 172 valence electrons. The molecule has 7 nitrogen and oxygen atoms in total. The lowest BCUT2D eigenvalue weighted by Crippen LogP contribution is -2.52. The van der Waals surface area contributed by atoms with Crippen LogP contribution in [-0.4, -0.2) is 51.8 Å². The van der Waals surface area contributed by atoms with E-state index in [2.05, 4.69) is 17.3 Å². The van der Waals surface area contributed by atoms with E-state index in [9.17, 15) is 14.7 Å². The van der Waals surface area contributed by atoms with Gasteiger partial charge in [0.05, 0.1) is 36.2 Å². The maximum Gasteiger partial charge on any atom is 0.337 e. The number of rotatable bonds is 7. The number of hydrogen-bond acceptors (Lipinski definition) is 6. The number of aliphatic hydroxyl groups is 1. The van der Waals surface area contributed by atoms with E-state index in [-0.39, 0.29) is 24.0 Å². The predicted octanol–water partition coefficient (Wildman–Crippen LogP) is 3.83. The molecule has 0 aliphatic heterocycles. The van der Waals surface area contributed by atoms with Gasteiger partial charge in [0.1, 0.15) is 5.03 Å². The number of nitrogens with one attached hydrogen (secondary N) is 1. The molecular formula is C24H31N3O4S. The molecule has 8 heteroatoms. The second kappa shape index (κ2) is 10.1. The second-order valence-electron chi connectivity index (χ2n) is 8.74. The van der Waals surface area contributed by atoms with Gasteiger partial charge in [-0.15, -0.1) is 11.8 Å². The molecule has 2 fully saturated rings. The number of methoxy groups -OCH3 is 1. The van der Waals surface area contributed by atoms with Gasteiger partial charge in [-0.1, -0.05) is 13.3 Å². The summed E-state index contributed by atoms with van der Waals surface area (Å²) < 4.78 is 6.54. The van der Waals surface area contributed by atoms with Gasteiger partial charge in [-0.25, -0.2) is 9.48 Å². The number of ether oxygens (including phenoxy) is 1. The molecule has 1 heterocycles. The Morgan fingerprint density at radius 1 is 1.22 bits per heavy atom. The van der Waals surface area contributed by atoms with E-state index >= 15 is 0 Å². The van der Waals surface area contributed by atoms with Gasteiger partial charge in [0.2, 0.25) is 0 Å². The van der Waals surface area contributed by atoms with Crippen molar-refractivity contribution in [3.05, 3.63) is 41.6 Å². The molecule has 2 aliphatic rings. The van der Waals surface area contributed by atoms with Crippen molar-refractivity contribution < 1.29 is 19.4 Å². The van der Waals surface area contributed by atoms with Crippen LogP contribution >= 0.6 is 11.8 Å². The summed E-state index contributed by atoms with van der Waals surface area (Å²) in [5.41, 5.74) is 1.83. The van der Waals surface area contributed by atoms with Gasteiger partial charge >= 0.3 is 5.97 Å². The molecule has 1 unspecified atom stereocenters. The highest BCUT2D eigenvalue weighted by Gasteiger charge is 2.40. The van der Waals surface area contributed by atoms with Crippen molar-refractivity contribution in [2.45, 2.75) is 62.6 Å². The quantitative estimate of drug-likeness (QED) is 0.485. The number of amides is 1. The van der Waals surface area contributed by atoms with E-state index < -0.39 is 0 Å². The first-order valence-corrected chi connectivity index (χ1v) is 12.4. The minimum absolute atomic E-state index is 0.0978. The van der Waals surface area contributed by atoms with Gasteiger partial charge < -0.3 is 15.2 Å². The van der Waals surface area contributed by atoms with Crippen LogP contribution in [0.15, 0.2) is 35.5 Å². The highest BCUT2D eigenvalue weighted by atomic mass is 32.2. The lowest BCUT2D eigenvalue weighted by Gasteiger charge is -2.44. The first-order chi connectivity index (χ1) is 15.5. The Balaban J connectivity index is 1.58. The van der Waals surface area contributed by atoms with Gasteiger partial charge in [-0.05, 0) is 74.0 Å². The predicted molar refractivity (Wildman–Crippen MR) is 123 cm³/mol. The third-order valence-electron chi connectivity index (χ3n) is 6.56. The Morgan fingerprint density at radius 3 is 2.53 bits per heavy atom. The average Bonchev–Trinajstić information content (AvgIpc) is 3.21. The topological polar surface area (TPSA) is 93.5 Å². The fourth-order valence-corrected chi connectivity index (χ4v) is 6.02. The fourth-order valence-electron chi connectivity index (χ4n) is 5.05. The molecule has 0 radical (unpaired) electrons. The van der Waals surface area contributed by atoms with Crippen molar-refractivity contribution in [1.29, 1.82) is 0 Å². The SMILES string of the molecule is CCCSc1c(C(=O)N[C@@H]2[C@@H]3CCC[C@H]2CC(O)C3)cnn1-c1ccc(C(=O)OC)cc1. The fraction of sp³-hybridized carbons (Fsp3) is 0.542. The minimum atomic E-state index is -0.388. The molecule has 1 aromatic heterocycles. The molecule has 2 aromatic rings. The van der Waals surface area contributed by atoms with Crippen LogP contribution in [0.2, 0.25) is 0 Å². The summed E-state index contributed by atoms with van der Waals surface area (Å²) >= 11 is 1.61. The van der Waals surface area contributed by atoms with Crippen LogP contribution in [0.1, 0.15) is 66.2 Å². The van der Waals surface area contributed by atoms with Crippen LogP contribution in [0, 0.1) is 11.8 Å². The molecule has 2 aliphatic carbocycles. The van der Waals surface area contributed by atoms with Crippen LogP contribution < -0.4 is 5.32 Å². The number of esters is 1. The molecule has 32 heavy (non-hydrogen) atoms. The van der Waals surface area contributed by atoms with E-state index in [1.807, 2.05) is 12.1 Å². The number of benzene rings is 1. The van der Waals surface area contributed by atoms with E-state index in [0.29, 0.717) is 23.0 Å². The molecule has 0 spiro atoms. The van der Waals surface area contributed by atoms with Crippen molar-refractivity contribution in [1.82, 2.24) is 15.1 Å². The van der Waals surface area contributed by atoms with E-state index in [0.717, 1.165) is 48.6 Å². The Bertz CT molecular complexity index is 945. The standard InChI is InChI=1S/C24H31N3O4S/c1-3-11-32-23-20(14-25-27(23)18-9-7-15(8-10-18)24(30)31-2)22(29)26-21-16-5-4-6-17(21)13-19(28)12-16/h7-10,14,16-17,19,21,28H,3-6,11-13H2,1-2H3,(H,26,29)/t16-,17+,19?,21-. The first kappa shape index (κ1) is 22.9. The molecule has 1 aromatic carbocycles. The van der Waals surface area contributed by atoms with Crippen molar-refractivity contribution in [3.63, 3.8) is 0 Å². The summed E-state index contributed by atoms with van der Waals surface area (Å²) in [6.07, 6.45) is 7.19. The van der Waals surface area contributed by atoms with E-state index in [4.69, 9.17) is 4.74 Å². The van der Waals surface area contributed by atoms with Crippen LogP contribution in [0.4, 0.5) is 0 Å². The van der Waals surface area contributed by atoms with Crippen molar-refractivity contribution in [2.75, 3.05) is 12.9 Å². The van der Waals surface area contributed by atoms with Gasteiger partial charge in [-0.2, -0.15) is 5.10 Å². The maximum atomic E-state index is 13.3. The van der Waals surface area contributed by atoms with Crippen LogP contribution in [-0.2, 0) is 4.74 Å². The number of nitrogens with zero attached hydrogens (tertiary/aromatic N) is 2. The summed E-state index contributed by atoms with van der Waals surface area (Å²) in [5.74, 6) is 1.07. The van der Waals surface area contributed by atoms with Crippen LogP contribution in [0.25, 0.3) is 5.69 Å². The number of thioether (sulfide) groups is 1. The summed E-state index contributed by atoms with van der Waals surface area (Å²) in [7, 11) is 1.36. The number of fused-ring (bicyclic) bond motifs is 2. The smallest absolute Gasteiger partial charge is 0.337 e. The first-order valence-electron chi connectivity index (χ1n) is 11.4. The van der Waals surface area contributed by atoms with Crippen molar-refractivity contribution in [2.24, 2.45) is 11.8 Å². The molecule has 4 rings (SSSR count). The zero-order valence-electron chi connectivity index (χ0n) is 18.6. The number of carbonyl (C=O) groups is 2. The molecule has 4 atom stereocenters. The Kier molecular flexibility index (Phi) is 7.20. The summed E-state index contributed by atoms with van der Waals surface area (Å²) in [6, 6.07) is 7.14.